The van der Waals surface area contributed by atoms with Crippen molar-refractivity contribution < 1.29 is 0 Å². The Morgan fingerprint density at radius 1 is 1.22 bits per heavy atom. The van der Waals surface area contributed by atoms with Crippen molar-refractivity contribution in [1.82, 2.24) is 5.32 Å². The van der Waals surface area contributed by atoms with Gasteiger partial charge in [-0.25, -0.2) is 0 Å². The molecule has 0 aliphatic carbocycles. The van der Waals surface area contributed by atoms with Crippen LogP contribution in [0.5, 0.6) is 0 Å². The average molecular weight is 243 g/mol. The Kier molecular flexibility index (Phi) is 4.59. The number of likely N-dealkylation sites (N-methyl/N-ethyl adjacent to an activating group) is 1. The fraction of sp³-hybridized carbons (Fsp3) is 0.529. The van der Waals surface area contributed by atoms with Gasteiger partial charge in [0, 0.05) is 0 Å². The van der Waals surface area contributed by atoms with E-state index in [1.54, 1.807) is 0 Å². The first-order valence-electron chi connectivity index (χ1n) is 6.53. The Hall–Kier alpha value is -1.26. The Morgan fingerprint density at radius 3 is 2.06 bits per heavy atom. The summed E-state index contributed by atoms with van der Waals surface area (Å²) in [7, 11) is 1.92. The van der Waals surface area contributed by atoms with Crippen molar-refractivity contribution in [3.63, 3.8) is 0 Å². The maximum atomic E-state index is 5.52. The third kappa shape index (κ3) is 3.37. The summed E-state index contributed by atoms with van der Waals surface area (Å²) in [5, 5.41) is 3.16. The van der Waals surface area contributed by atoms with E-state index in [9.17, 15) is 0 Å². The second-order valence-corrected chi connectivity index (χ2v) is 6.05. The summed E-state index contributed by atoms with van der Waals surface area (Å²) in [6.07, 6.45) is 6.42. The maximum Gasteiger partial charge on any atom is 0.0725 e. The third-order valence-electron chi connectivity index (χ3n) is 3.52. The van der Waals surface area contributed by atoms with Crippen LogP contribution < -0.4 is 5.32 Å². The molecule has 0 bridgehead atoms. The van der Waals surface area contributed by atoms with Gasteiger partial charge < -0.3 is 5.32 Å². The first-order valence-corrected chi connectivity index (χ1v) is 6.53. The van der Waals surface area contributed by atoms with Crippen molar-refractivity contribution in [2.75, 3.05) is 7.05 Å². The lowest BCUT2D eigenvalue weighted by Crippen LogP contribution is -2.26. The highest BCUT2D eigenvalue weighted by molar-refractivity contribution is 5.41. The van der Waals surface area contributed by atoms with E-state index in [0.717, 1.165) is 6.42 Å². The molecular formula is C17H25N. The van der Waals surface area contributed by atoms with Gasteiger partial charge in [-0.15, -0.1) is 6.42 Å². The lowest BCUT2D eigenvalue weighted by Gasteiger charge is -2.23. The monoisotopic (exact) mass is 243 g/mol. The number of nitrogens with one attached hydrogen (secondary N) is 1. The first-order chi connectivity index (χ1) is 8.29. The zero-order chi connectivity index (χ0) is 13.9. The van der Waals surface area contributed by atoms with Crippen LogP contribution in [0.25, 0.3) is 0 Å². The maximum absolute atomic E-state index is 5.52. The lowest BCUT2D eigenvalue weighted by atomic mass is 9.83. The summed E-state index contributed by atoms with van der Waals surface area (Å²) in [4.78, 5) is 0. The molecule has 0 fully saturated rings. The zero-order valence-electron chi connectivity index (χ0n) is 12.5. The van der Waals surface area contributed by atoms with Crippen molar-refractivity contribution in [3.05, 3.63) is 34.4 Å². The number of terminal acetylenes is 1. The second kappa shape index (κ2) is 5.59. The smallest absolute Gasteiger partial charge is 0.0725 e. The van der Waals surface area contributed by atoms with E-state index in [-0.39, 0.29) is 11.5 Å². The molecule has 0 spiro atoms. The van der Waals surface area contributed by atoms with Crippen LogP contribution in [0.2, 0.25) is 0 Å². The Balaban J connectivity index is 3.14. The van der Waals surface area contributed by atoms with Gasteiger partial charge in [-0.05, 0) is 55.0 Å². The molecule has 0 saturated carbocycles. The van der Waals surface area contributed by atoms with Gasteiger partial charge in [0.25, 0.3) is 0 Å². The largest absolute Gasteiger partial charge is 0.306 e. The van der Waals surface area contributed by atoms with E-state index in [4.69, 9.17) is 6.42 Å². The minimum Gasteiger partial charge on any atom is -0.306 e. The summed E-state index contributed by atoms with van der Waals surface area (Å²) >= 11 is 0. The topological polar surface area (TPSA) is 12.0 Å². The molecule has 0 aliphatic rings. The summed E-state index contributed by atoms with van der Waals surface area (Å²) < 4.78 is 0. The second-order valence-electron chi connectivity index (χ2n) is 6.05. The van der Waals surface area contributed by atoms with Crippen molar-refractivity contribution in [2.45, 2.75) is 52.5 Å². The standard InChI is InChI=1S/C17H25N/c1-8-15(18-7)11-16-12(2)9-14(10-13(16)3)17(4,5)6/h1,9-10,15,18H,11H2,2-7H3. The van der Waals surface area contributed by atoms with Gasteiger partial charge in [0.05, 0.1) is 6.04 Å². The van der Waals surface area contributed by atoms with E-state index in [1.807, 2.05) is 7.05 Å². The minimum absolute atomic E-state index is 0.114. The first kappa shape index (κ1) is 14.8. The van der Waals surface area contributed by atoms with Crippen LogP contribution in [0.1, 0.15) is 43.0 Å². The molecule has 18 heavy (non-hydrogen) atoms. The van der Waals surface area contributed by atoms with Crippen LogP contribution in [0.4, 0.5) is 0 Å². The highest BCUT2D eigenvalue weighted by Crippen LogP contribution is 2.27. The van der Waals surface area contributed by atoms with E-state index >= 15 is 0 Å². The molecule has 0 saturated heterocycles. The molecule has 1 atom stereocenters. The summed E-state index contributed by atoms with van der Waals surface area (Å²) in [5.74, 6) is 2.79. The Morgan fingerprint density at radius 2 is 1.72 bits per heavy atom. The van der Waals surface area contributed by atoms with Gasteiger partial charge in [-0.2, -0.15) is 0 Å². The van der Waals surface area contributed by atoms with Gasteiger partial charge in [-0.3, -0.25) is 0 Å². The molecule has 0 amide bonds. The fourth-order valence-corrected chi connectivity index (χ4v) is 2.20. The molecule has 1 heteroatoms. The molecule has 1 N–H and O–H groups in total. The van der Waals surface area contributed by atoms with E-state index < -0.39 is 0 Å². The van der Waals surface area contributed by atoms with Crippen LogP contribution in [-0.2, 0) is 11.8 Å². The fourth-order valence-electron chi connectivity index (χ4n) is 2.20. The van der Waals surface area contributed by atoms with Crippen LogP contribution >= 0.6 is 0 Å². The van der Waals surface area contributed by atoms with E-state index in [0.29, 0.717) is 0 Å². The van der Waals surface area contributed by atoms with Crippen LogP contribution in [0, 0.1) is 26.2 Å². The van der Waals surface area contributed by atoms with E-state index in [2.05, 4.69) is 58.0 Å². The van der Waals surface area contributed by atoms with Gasteiger partial charge in [-0.1, -0.05) is 38.8 Å². The van der Waals surface area contributed by atoms with Gasteiger partial charge >= 0.3 is 0 Å². The molecular weight excluding hydrogens is 218 g/mol. The number of hydrogen-bond acceptors (Lipinski definition) is 1. The van der Waals surface area contributed by atoms with Crippen molar-refractivity contribution in [1.29, 1.82) is 0 Å². The molecule has 0 aromatic heterocycles. The summed E-state index contributed by atoms with van der Waals surface area (Å²) in [5.41, 5.74) is 5.65. The number of aryl methyl sites for hydroxylation is 2. The van der Waals surface area contributed by atoms with Crippen LogP contribution in [0.3, 0.4) is 0 Å². The Labute approximate surface area is 112 Å². The molecule has 1 aromatic carbocycles. The molecule has 1 unspecified atom stereocenters. The number of hydrogen-bond donors (Lipinski definition) is 1. The molecule has 0 heterocycles. The molecule has 0 radical (unpaired) electrons. The molecule has 1 rings (SSSR count). The van der Waals surface area contributed by atoms with Crippen molar-refractivity contribution in [2.24, 2.45) is 0 Å². The molecule has 0 aliphatic heterocycles. The summed E-state index contributed by atoms with van der Waals surface area (Å²) in [6, 6.07) is 4.71. The SMILES string of the molecule is C#CC(Cc1c(C)cc(C(C)(C)C)cc1C)NC. The van der Waals surface area contributed by atoms with E-state index in [1.165, 1.54) is 22.3 Å². The highest BCUT2D eigenvalue weighted by atomic mass is 14.8. The minimum atomic E-state index is 0.114. The molecule has 98 valence electrons. The normalized spacial score (nSPS) is 13.2. The predicted molar refractivity (Wildman–Crippen MR) is 80.0 cm³/mol. The Bertz CT molecular complexity index is 434. The third-order valence-corrected chi connectivity index (χ3v) is 3.52. The van der Waals surface area contributed by atoms with Crippen molar-refractivity contribution >= 4 is 0 Å². The highest BCUT2D eigenvalue weighted by Gasteiger charge is 2.17. The van der Waals surface area contributed by atoms with Crippen LogP contribution in [-0.4, -0.2) is 13.1 Å². The summed E-state index contributed by atoms with van der Waals surface area (Å²) in [6.45, 7) is 11.1. The molecule has 1 aromatic rings. The van der Waals surface area contributed by atoms with Gasteiger partial charge in [0.2, 0.25) is 0 Å². The van der Waals surface area contributed by atoms with Gasteiger partial charge in [0.1, 0.15) is 0 Å². The van der Waals surface area contributed by atoms with Gasteiger partial charge in [0.15, 0.2) is 0 Å². The quantitative estimate of drug-likeness (QED) is 0.803. The average Bonchev–Trinajstić information content (AvgIpc) is 2.27. The predicted octanol–water partition coefficient (Wildman–Crippen LogP) is 3.36. The lowest BCUT2D eigenvalue weighted by molar-refractivity contribution is 0.588. The molecule has 1 nitrogen and oxygen atoms in total. The zero-order valence-corrected chi connectivity index (χ0v) is 12.5. The number of rotatable bonds is 3. The number of benzene rings is 1. The van der Waals surface area contributed by atoms with Crippen LogP contribution in [0.15, 0.2) is 12.1 Å². The van der Waals surface area contributed by atoms with Crippen molar-refractivity contribution in [3.8, 4) is 12.3 Å².